The summed E-state index contributed by atoms with van der Waals surface area (Å²) in [6, 6.07) is 0.422. The number of carbonyl (C=O) groups excluding carboxylic acids is 1. The van der Waals surface area contributed by atoms with E-state index in [0.29, 0.717) is 64.4 Å². The van der Waals surface area contributed by atoms with Crippen molar-refractivity contribution in [2.24, 2.45) is 5.92 Å². The van der Waals surface area contributed by atoms with Gasteiger partial charge in [-0.1, -0.05) is 12.8 Å². The maximum atomic E-state index is 12.9. The highest BCUT2D eigenvalue weighted by Crippen LogP contribution is 2.33. The van der Waals surface area contributed by atoms with E-state index in [0.717, 1.165) is 6.42 Å². The Morgan fingerprint density at radius 3 is 2.22 bits per heavy atom. The van der Waals surface area contributed by atoms with E-state index in [1.807, 2.05) is 4.90 Å². The number of rotatable bonds is 3. The molecule has 4 fully saturated rings. The van der Waals surface area contributed by atoms with Crippen LogP contribution in [0, 0.1) is 5.92 Å². The number of hydrogen-bond acceptors (Lipinski definition) is 5. The largest absolute Gasteiger partial charge is 0.379 e. The number of nitrogens with zero attached hydrogens (tertiary/aromatic N) is 3. The smallest absolute Gasteiger partial charge is 0.282 e. The van der Waals surface area contributed by atoms with Crippen molar-refractivity contribution in [2.45, 2.75) is 44.2 Å². The zero-order valence-corrected chi connectivity index (χ0v) is 17.3. The second-order valence-corrected chi connectivity index (χ2v) is 9.78. The molecule has 0 spiro atoms. The van der Waals surface area contributed by atoms with Gasteiger partial charge in [-0.15, -0.1) is 12.4 Å². The van der Waals surface area contributed by atoms with Crippen LogP contribution >= 0.6 is 12.4 Å². The van der Waals surface area contributed by atoms with Gasteiger partial charge < -0.3 is 15.0 Å². The highest BCUT2D eigenvalue weighted by molar-refractivity contribution is 7.86. The fraction of sp³-hybridized carbons (Fsp3) is 0.941. The topological polar surface area (TPSA) is 82.2 Å². The maximum absolute atomic E-state index is 12.9. The van der Waals surface area contributed by atoms with Crippen LogP contribution in [0.15, 0.2) is 0 Å². The Labute approximate surface area is 168 Å². The first-order valence-corrected chi connectivity index (χ1v) is 11.3. The highest BCUT2D eigenvalue weighted by Gasteiger charge is 2.41. The Morgan fingerprint density at radius 1 is 0.926 bits per heavy atom. The van der Waals surface area contributed by atoms with Gasteiger partial charge in [-0.05, 0) is 25.2 Å². The molecule has 3 saturated heterocycles. The maximum Gasteiger partial charge on any atom is 0.282 e. The van der Waals surface area contributed by atoms with Gasteiger partial charge >= 0.3 is 0 Å². The van der Waals surface area contributed by atoms with Gasteiger partial charge in [-0.2, -0.15) is 17.0 Å². The van der Waals surface area contributed by atoms with Crippen LogP contribution in [0.1, 0.15) is 32.1 Å². The molecule has 3 heterocycles. The molecule has 3 atom stereocenters. The molecule has 3 unspecified atom stereocenters. The molecule has 3 aliphatic heterocycles. The van der Waals surface area contributed by atoms with Gasteiger partial charge in [0.2, 0.25) is 5.91 Å². The van der Waals surface area contributed by atoms with Crippen molar-refractivity contribution in [3.8, 4) is 0 Å². The van der Waals surface area contributed by atoms with Crippen LogP contribution in [0.25, 0.3) is 0 Å². The van der Waals surface area contributed by atoms with Crippen molar-refractivity contribution in [3.63, 3.8) is 0 Å². The van der Waals surface area contributed by atoms with E-state index in [2.05, 4.69) is 5.32 Å². The van der Waals surface area contributed by atoms with Crippen molar-refractivity contribution in [1.82, 2.24) is 18.8 Å². The average molecular weight is 423 g/mol. The van der Waals surface area contributed by atoms with Crippen molar-refractivity contribution in [3.05, 3.63) is 0 Å². The molecule has 1 N–H and O–H groups in total. The predicted molar refractivity (Wildman–Crippen MR) is 104 cm³/mol. The summed E-state index contributed by atoms with van der Waals surface area (Å²) in [5, 5.41) is 3.54. The summed E-state index contributed by atoms with van der Waals surface area (Å²) >= 11 is 0. The first kappa shape index (κ1) is 21.3. The number of nitrogens with one attached hydrogen (secondary N) is 1. The number of piperazine rings is 1. The van der Waals surface area contributed by atoms with E-state index in [-0.39, 0.29) is 24.4 Å². The Balaban J connectivity index is 0.00000210. The number of morpholine rings is 1. The highest BCUT2D eigenvalue weighted by atomic mass is 35.5. The summed E-state index contributed by atoms with van der Waals surface area (Å²) < 4.78 is 33.7. The molecule has 0 radical (unpaired) electrons. The van der Waals surface area contributed by atoms with E-state index in [1.165, 1.54) is 34.3 Å². The van der Waals surface area contributed by atoms with E-state index in [4.69, 9.17) is 4.74 Å². The summed E-state index contributed by atoms with van der Waals surface area (Å²) in [6.07, 6.45) is 5.89. The number of carbonyl (C=O) groups is 1. The lowest BCUT2D eigenvalue weighted by Crippen LogP contribution is -2.57. The Kier molecular flexibility index (Phi) is 7.02. The number of hydrogen-bond donors (Lipinski definition) is 1. The normalized spacial score (nSPS) is 33.3. The Morgan fingerprint density at radius 2 is 1.56 bits per heavy atom. The van der Waals surface area contributed by atoms with Gasteiger partial charge in [0, 0.05) is 45.3 Å². The first-order chi connectivity index (χ1) is 12.6. The number of ether oxygens (including phenoxy) is 1. The molecule has 0 aromatic heterocycles. The number of amides is 1. The van der Waals surface area contributed by atoms with Crippen molar-refractivity contribution in [2.75, 3.05) is 52.5 Å². The SMILES string of the molecule is Cl.O=C(C1CC2CCCCC2N1)N1CCN(S(=O)(=O)N2CCOCC2)CC1. The molecule has 4 rings (SSSR count). The van der Waals surface area contributed by atoms with Gasteiger partial charge in [0.1, 0.15) is 0 Å². The molecule has 8 nitrogen and oxygen atoms in total. The van der Waals surface area contributed by atoms with Crippen molar-refractivity contribution < 1.29 is 17.9 Å². The second-order valence-electron chi connectivity index (χ2n) is 7.85. The van der Waals surface area contributed by atoms with E-state index in [9.17, 15) is 13.2 Å². The third kappa shape index (κ3) is 4.43. The van der Waals surface area contributed by atoms with Gasteiger partial charge in [0.05, 0.1) is 19.3 Å². The third-order valence-corrected chi connectivity index (χ3v) is 8.37. The summed E-state index contributed by atoms with van der Waals surface area (Å²) in [7, 11) is -3.44. The summed E-state index contributed by atoms with van der Waals surface area (Å²) in [4.78, 5) is 14.7. The van der Waals surface area contributed by atoms with Crippen LogP contribution in [-0.4, -0.2) is 92.4 Å². The molecule has 156 valence electrons. The molecule has 10 heteroatoms. The van der Waals surface area contributed by atoms with Crippen LogP contribution in [0.5, 0.6) is 0 Å². The fourth-order valence-corrected chi connectivity index (χ4v) is 6.37. The second kappa shape index (κ2) is 8.92. The van der Waals surface area contributed by atoms with E-state index >= 15 is 0 Å². The molecule has 0 aromatic rings. The van der Waals surface area contributed by atoms with Gasteiger partial charge in [-0.3, -0.25) is 4.79 Å². The van der Waals surface area contributed by atoms with Crippen LogP contribution < -0.4 is 5.32 Å². The van der Waals surface area contributed by atoms with Gasteiger partial charge in [0.15, 0.2) is 0 Å². The summed E-state index contributed by atoms with van der Waals surface area (Å²) in [5.74, 6) is 0.795. The quantitative estimate of drug-likeness (QED) is 0.695. The van der Waals surface area contributed by atoms with Crippen molar-refractivity contribution in [1.29, 1.82) is 0 Å². The molecular formula is C17H31ClN4O4S. The summed E-state index contributed by atoms with van der Waals surface area (Å²) in [5.41, 5.74) is 0. The Bertz CT molecular complexity index is 606. The minimum atomic E-state index is -3.44. The molecule has 0 bridgehead atoms. The third-order valence-electron chi connectivity index (χ3n) is 6.33. The lowest BCUT2D eigenvalue weighted by atomic mass is 9.85. The summed E-state index contributed by atoms with van der Waals surface area (Å²) in [6.45, 7) is 3.45. The molecule has 0 aromatic carbocycles. The molecule has 4 aliphatic rings. The van der Waals surface area contributed by atoms with Gasteiger partial charge in [0.25, 0.3) is 10.2 Å². The first-order valence-electron chi connectivity index (χ1n) is 9.93. The average Bonchev–Trinajstić information content (AvgIpc) is 3.12. The van der Waals surface area contributed by atoms with E-state index < -0.39 is 10.2 Å². The van der Waals surface area contributed by atoms with E-state index in [1.54, 1.807) is 0 Å². The standard InChI is InChI=1S/C17H30N4O4S.ClH/c22-17(16-13-14-3-1-2-4-15(14)18-16)19-5-7-20(8-6-19)26(23,24)21-9-11-25-12-10-21;/h14-16,18H,1-13H2;1H. The van der Waals surface area contributed by atoms with Crippen LogP contribution in [0.2, 0.25) is 0 Å². The molecule has 1 aliphatic carbocycles. The molecule has 1 saturated carbocycles. The molecular weight excluding hydrogens is 392 g/mol. The fourth-order valence-electron chi connectivity index (χ4n) is 4.81. The van der Waals surface area contributed by atoms with Crippen LogP contribution in [0.4, 0.5) is 0 Å². The lowest BCUT2D eigenvalue weighted by molar-refractivity contribution is -0.134. The monoisotopic (exact) mass is 422 g/mol. The minimum absolute atomic E-state index is 0. The Hall–Kier alpha value is -0.450. The minimum Gasteiger partial charge on any atom is -0.379 e. The zero-order valence-electron chi connectivity index (χ0n) is 15.7. The zero-order chi connectivity index (χ0) is 18.1. The number of halogens is 1. The van der Waals surface area contributed by atoms with Crippen LogP contribution in [0.3, 0.4) is 0 Å². The number of fused-ring (bicyclic) bond motifs is 1. The van der Waals surface area contributed by atoms with Crippen molar-refractivity contribution >= 4 is 28.5 Å². The predicted octanol–water partition coefficient (Wildman–Crippen LogP) is 0.0501. The molecule has 1 amide bonds. The van der Waals surface area contributed by atoms with Gasteiger partial charge in [-0.25, -0.2) is 0 Å². The van der Waals surface area contributed by atoms with Crippen LogP contribution in [-0.2, 0) is 19.7 Å². The lowest BCUT2D eigenvalue weighted by Gasteiger charge is -2.38. The molecule has 27 heavy (non-hydrogen) atoms.